The lowest BCUT2D eigenvalue weighted by atomic mass is 9.90. The summed E-state index contributed by atoms with van der Waals surface area (Å²) in [6.07, 6.45) is -1.97. The second kappa shape index (κ2) is 8.44. The highest BCUT2D eigenvalue weighted by atomic mass is 35.5. The molecule has 0 N–H and O–H groups in total. The van der Waals surface area contributed by atoms with Gasteiger partial charge in [-0.25, -0.2) is 0 Å². The van der Waals surface area contributed by atoms with E-state index in [0.717, 1.165) is 35.8 Å². The number of benzene rings is 2. The normalized spacial score (nSPS) is 20.7. The Bertz CT molecular complexity index is 1080. The van der Waals surface area contributed by atoms with E-state index in [0.29, 0.717) is 35.0 Å². The maximum Gasteiger partial charge on any atom is 0.416 e. The molecule has 166 valence electrons. The van der Waals surface area contributed by atoms with Gasteiger partial charge >= 0.3 is 16.4 Å². The van der Waals surface area contributed by atoms with Gasteiger partial charge in [-0.15, -0.1) is 0 Å². The fourth-order valence-electron chi connectivity index (χ4n) is 3.92. The van der Waals surface area contributed by atoms with E-state index in [1.165, 1.54) is 10.4 Å². The number of halogens is 4. The molecule has 0 aromatic heterocycles. The molecule has 2 aromatic carbocycles. The third-order valence-corrected chi connectivity index (χ3v) is 7.59. The van der Waals surface area contributed by atoms with Crippen molar-refractivity contribution in [2.24, 2.45) is 5.10 Å². The second-order valence-electron chi connectivity index (χ2n) is 7.64. The van der Waals surface area contributed by atoms with Gasteiger partial charge in [-0.05, 0) is 42.2 Å². The SMILES string of the molecule is O=S(=O)(N1CCCCC1)N1CC(c2cccc(C(F)(F)F)c2)C(c2ccc(Cl)cc2)=N1. The van der Waals surface area contributed by atoms with Crippen LogP contribution >= 0.6 is 11.6 Å². The van der Waals surface area contributed by atoms with Crippen molar-refractivity contribution in [3.8, 4) is 0 Å². The molecule has 1 atom stereocenters. The Morgan fingerprint density at radius 2 is 1.68 bits per heavy atom. The number of nitrogens with zero attached hydrogens (tertiary/aromatic N) is 3. The Hall–Kier alpha value is -2.10. The van der Waals surface area contributed by atoms with E-state index in [1.54, 1.807) is 30.3 Å². The third-order valence-electron chi connectivity index (χ3n) is 5.55. The van der Waals surface area contributed by atoms with E-state index in [4.69, 9.17) is 11.6 Å². The first-order valence-corrected chi connectivity index (χ1v) is 11.7. The largest absolute Gasteiger partial charge is 0.416 e. The monoisotopic (exact) mass is 471 g/mol. The van der Waals surface area contributed by atoms with Crippen LogP contribution in [-0.2, 0) is 16.4 Å². The van der Waals surface area contributed by atoms with E-state index in [2.05, 4.69) is 5.10 Å². The summed E-state index contributed by atoms with van der Waals surface area (Å²) >= 11 is 5.97. The van der Waals surface area contributed by atoms with Crippen LogP contribution in [0.4, 0.5) is 13.2 Å². The number of alkyl halides is 3. The summed E-state index contributed by atoms with van der Waals surface area (Å²) in [5.74, 6) is -0.636. The molecule has 0 radical (unpaired) electrons. The molecular weight excluding hydrogens is 451 g/mol. The van der Waals surface area contributed by atoms with Gasteiger partial charge in [0.25, 0.3) is 0 Å². The van der Waals surface area contributed by atoms with E-state index in [1.807, 2.05) is 0 Å². The summed E-state index contributed by atoms with van der Waals surface area (Å²) in [6, 6.07) is 11.6. The van der Waals surface area contributed by atoms with Crippen molar-refractivity contribution >= 4 is 27.5 Å². The van der Waals surface area contributed by atoms with E-state index >= 15 is 0 Å². The Kier molecular flexibility index (Phi) is 6.02. The van der Waals surface area contributed by atoms with Crippen molar-refractivity contribution in [3.05, 3.63) is 70.2 Å². The van der Waals surface area contributed by atoms with Gasteiger partial charge in [0.1, 0.15) is 0 Å². The van der Waals surface area contributed by atoms with Gasteiger partial charge in [0.05, 0.1) is 17.8 Å². The zero-order valence-electron chi connectivity index (χ0n) is 16.5. The fourth-order valence-corrected chi connectivity index (χ4v) is 5.56. The molecular formula is C21H21ClF3N3O2S. The molecule has 0 bridgehead atoms. The molecule has 1 unspecified atom stereocenters. The van der Waals surface area contributed by atoms with Crippen LogP contribution in [-0.4, -0.2) is 42.5 Å². The molecule has 0 amide bonds. The summed E-state index contributed by atoms with van der Waals surface area (Å²) in [6.45, 7) is 0.774. The van der Waals surface area contributed by atoms with Crippen molar-refractivity contribution in [3.63, 3.8) is 0 Å². The molecule has 0 aliphatic carbocycles. The van der Waals surface area contributed by atoms with Gasteiger partial charge in [-0.3, -0.25) is 0 Å². The number of piperidine rings is 1. The number of hydrogen-bond acceptors (Lipinski definition) is 3. The summed E-state index contributed by atoms with van der Waals surface area (Å²) in [5, 5.41) is 4.88. The van der Waals surface area contributed by atoms with Gasteiger partial charge in [0.15, 0.2) is 0 Å². The smallest absolute Gasteiger partial charge is 0.187 e. The Morgan fingerprint density at radius 3 is 2.32 bits per heavy atom. The number of hydrogen-bond donors (Lipinski definition) is 0. The molecule has 10 heteroatoms. The zero-order chi connectivity index (χ0) is 22.2. The molecule has 2 aromatic rings. The van der Waals surface area contributed by atoms with Crippen molar-refractivity contribution < 1.29 is 21.6 Å². The molecule has 0 spiro atoms. The first-order chi connectivity index (χ1) is 14.7. The predicted molar refractivity (Wildman–Crippen MR) is 113 cm³/mol. The first-order valence-electron chi connectivity index (χ1n) is 9.96. The van der Waals surface area contributed by atoms with E-state index in [9.17, 15) is 21.6 Å². The molecule has 1 saturated heterocycles. The highest BCUT2D eigenvalue weighted by Crippen LogP contribution is 2.35. The second-order valence-corrected chi connectivity index (χ2v) is 9.91. The van der Waals surface area contributed by atoms with Crippen LogP contribution < -0.4 is 0 Å². The summed E-state index contributed by atoms with van der Waals surface area (Å²) in [7, 11) is -3.86. The lowest BCUT2D eigenvalue weighted by Crippen LogP contribution is -2.43. The maximum absolute atomic E-state index is 13.3. The molecule has 2 heterocycles. The molecule has 4 rings (SSSR count). The Balaban J connectivity index is 1.74. The van der Waals surface area contributed by atoms with Gasteiger partial charge in [-0.2, -0.15) is 35.4 Å². The molecule has 2 aliphatic rings. The predicted octanol–water partition coefficient (Wildman–Crippen LogP) is 4.89. The minimum absolute atomic E-state index is 0.0574. The lowest BCUT2D eigenvalue weighted by molar-refractivity contribution is -0.137. The van der Waals surface area contributed by atoms with Crippen molar-refractivity contribution in [2.45, 2.75) is 31.4 Å². The van der Waals surface area contributed by atoms with Crippen LogP contribution in [0.25, 0.3) is 0 Å². The van der Waals surface area contributed by atoms with Gasteiger partial charge in [0.2, 0.25) is 0 Å². The van der Waals surface area contributed by atoms with Crippen LogP contribution in [0, 0.1) is 0 Å². The summed E-state index contributed by atoms with van der Waals surface area (Å²) < 4.78 is 68.6. The Labute approximate surface area is 184 Å². The summed E-state index contributed by atoms with van der Waals surface area (Å²) in [5.41, 5.74) is 0.595. The average Bonchev–Trinajstić information content (AvgIpc) is 3.21. The van der Waals surface area contributed by atoms with Gasteiger partial charge in [-0.1, -0.05) is 48.4 Å². The zero-order valence-corrected chi connectivity index (χ0v) is 18.1. The van der Waals surface area contributed by atoms with Crippen LogP contribution in [0.15, 0.2) is 53.6 Å². The minimum Gasteiger partial charge on any atom is -0.187 e. The lowest BCUT2D eigenvalue weighted by Gasteiger charge is -2.29. The van der Waals surface area contributed by atoms with Crippen molar-refractivity contribution in [1.82, 2.24) is 8.72 Å². The highest BCUT2D eigenvalue weighted by Gasteiger charge is 2.39. The molecule has 31 heavy (non-hydrogen) atoms. The number of rotatable bonds is 4. The topological polar surface area (TPSA) is 53.0 Å². The quantitative estimate of drug-likeness (QED) is 0.637. The minimum atomic E-state index is -4.49. The van der Waals surface area contributed by atoms with E-state index in [-0.39, 0.29) is 6.54 Å². The first kappa shape index (κ1) is 22.1. The van der Waals surface area contributed by atoms with Crippen LogP contribution in [0.3, 0.4) is 0 Å². The van der Waals surface area contributed by atoms with Crippen LogP contribution in [0.5, 0.6) is 0 Å². The maximum atomic E-state index is 13.3. The highest BCUT2D eigenvalue weighted by molar-refractivity contribution is 7.86. The molecule has 0 saturated carbocycles. The standard InChI is InChI=1S/C21H21ClF3N3O2S/c22-18-9-7-15(8-10-18)20-19(16-5-4-6-17(13-16)21(23,24)25)14-28(26-20)31(29,30)27-11-2-1-3-12-27/h4-10,13,19H,1-3,11-12,14H2. The average molecular weight is 472 g/mol. The summed E-state index contributed by atoms with van der Waals surface area (Å²) in [4.78, 5) is 0. The number of hydrazone groups is 1. The Morgan fingerprint density at radius 1 is 1.00 bits per heavy atom. The van der Waals surface area contributed by atoms with Crippen LogP contribution in [0.1, 0.15) is 41.9 Å². The van der Waals surface area contributed by atoms with Crippen LogP contribution in [0.2, 0.25) is 5.02 Å². The molecule has 5 nitrogen and oxygen atoms in total. The van der Waals surface area contributed by atoms with Crippen molar-refractivity contribution in [2.75, 3.05) is 19.6 Å². The third kappa shape index (κ3) is 4.58. The van der Waals surface area contributed by atoms with Gasteiger partial charge in [0, 0.05) is 24.0 Å². The van der Waals surface area contributed by atoms with E-state index < -0.39 is 27.9 Å². The molecule has 1 fully saturated rings. The van der Waals surface area contributed by atoms with Crippen molar-refractivity contribution in [1.29, 1.82) is 0 Å². The molecule has 2 aliphatic heterocycles. The fraction of sp³-hybridized carbons (Fsp3) is 0.381. The van der Waals surface area contributed by atoms with Gasteiger partial charge < -0.3 is 0 Å².